The summed E-state index contributed by atoms with van der Waals surface area (Å²) in [5, 5.41) is 0. The highest BCUT2D eigenvalue weighted by Gasteiger charge is 2.14. The molecule has 0 spiro atoms. The number of aryl methyl sites for hydroxylation is 1. The van der Waals surface area contributed by atoms with Crippen LogP contribution in [0.25, 0.3) is 0 Å². The van der Waals surface area contributed by atoms with Crippen molar-refractivity contribution in [2.24, 2.45) is 5.73 Å². The summed E-state index contributed by atoms with van der Waals surface area (Å²) >= 11 is 0. The van der Waals surface area contributed by atoms with Gasteiger partial charge < -0.3 is 10.5 Å². The zero-order valence-corrected chi connectivity index (χ0v) is 11.9. The van der Waals surface area contributed by atoms with Crippen LogP contribution in [-0.4, -0.2) is 6.54 Å². The summed E-state index contributed by atoms with van der Waals surface area (Å²) in [4.78, 5) is 0. The molecule has 0 amide bonds. The topological polar surface area (TPSA) is 35.2 Å². The Kier molecular flexibility index (Phi) is 4.74. The van der Waals surface area contributed by atoms with E-state index >= 15 is 0 Å². The molecule has 3 heteroatoms. The molecule has 1 unspecified atom stereocenters. The quantitative estimate of drug-likeness (QED) is 0.896. The van der Waals surface area contributed by atoms with E-state index < -0.39 is 0 Å². The minimum Gasteiger partial charge on any atom is -0.485 e. The van der Waals surface area contributed by atoms with Crippen molar-refractivity contribution >= 4 is 0 Å². The summed E-state index contributed by atoms with van der Waals surface area (Å²) in [5.41, 5.74) is 8.92. The zero-order chi connectivity index (χ0) is 14.5. The SMILES string of the molecule is Cc1cccc(OC(CCN)c2ccc(F)cc2)c1C. The second-order valence-corrected chi connectivity index (χ2v) is 4.93. The maximum absolute atomic E-state index is 13.0. The van der Waals surface area contributed by atoms with Crippen LogP contribution in [0.15, 0.2) is 42.5 Å². The van der Waals surface area contributed by atoms with Gasteiger partial charge in [0.15, 0.2) is 0 Å². The molecule has 1 atom stereocenters. The Labute approximate surface area is 119 Å². The predicted octanol–water partition coefficient (Wildman–Crippen LogP) is 3.91. The summed E-state index contributed by atoms with van der Waals surface area (Å²) in [6, 6.07) is 12.4. The molecule has 0 heterocycles. The molecule has 2 aromatic carbocycles. The van der Waals surface area contributed by atoms with Crippen LogP contribution in [0.1, 0.15) is 29.2 Å². The zero-order valence-electron chi connectivity index (χ0n) is 11.9. The lowest BCUT2D eigenvalue weighted by molar-refractivity contribution is 0.196. The van der Waals surface area contributed by atoms with Gasteiger partial charge in [0.25, 0.3) is 0 Å². The molecule has 0 aliphatic heterocycles. The number of halogens is 1. The lowest BCUT2D eigenvalue weighted by Gasteiger charge is -2.21. The van der Waals surface area contributed by atoms with Gasteiger partial charge in [0.1, 0.15) is 17.7 Å². The molecule has 0 aromatic heterocycles. The number of benzene rings is 2. The number of hydrogen-bond acceptors (Lipinski definition) is 2. The van der Waals surface area contributed by atoms with Gasteiger partial charge in [-0.1, -0.05) is 24.3 Å². The van der Waals surface area contributed by atoms with E-state index in [1.807, 2.05) is 19.1 Å². The van der Waals surface area contributed by atoms with E-state index in [9.17, 15) is 4.39 Å². The van der Waals surface area contributed by atoms with Crippen molar-refractivity contribution in [3.8, 4) is 5.75 Å². The summed E-state index contributed by atoms with van der Waals surface area (Å²) in [6.45, 7) is 4.61. The third-order valence-electron chi connectivity index (χ3n) is 3.49. The molecule has 2 rings (SSSR count). The van der Waals surface area contributed by atoms with Crippen LogP contribution < -0.4 is 10.5 Å². The van der Waals surface area contributed by atoms with Crippen LogP contribution in [0.4, 0.5) is 4.39 Å². The summed E-state index contributed by atoms with van der Waals surface area (Å²) in [5.74, 6) is 0.611. The molecule has 2 N–H and O–H groups in total. The van der Waals surface area contributed by atoms with Gasteiger partial charge in [-0.05, 0) is 55.3 Å². The van der Waals surface area contributed by atoms with Gasteiger partial charge in [0, 0.05) is 6.42 Å². The highest BCUT2D eigenvalue weighted by atomic mass is 19.1. The third-order valence-corrected chi connectivity index (χ3v) is 3.49. The van der Waals surface area contributed by atoms with Gasteiger partial charge in [-0.15, -0.1) is 0 Å². The lowest BCUT2D eigenvalue weighted by atomic mass is 10.1. The molecule has 0 aliphatic rings. The minimum absolute atomic E-state index is 0.152. The molecule has 106 valence electrons. The molecular weight excluding hydrogens is 253 g/mol. The highest BCUT2D eigenvalue weighted by molar-refractivity contribution is 5.38. The van der Waals surface area contributed by atoms with E-state index in [0.29, 0.717) is 13.0 Å². The molecule has 0 bridgehead atoms. The van der Waals surface area contributed by atoms with Crippen LogP contribution in [0.5, 0.6) is 5.75 Å². The summed E-state index contributed by atoms with van der Waals surface area (Å²) < 4.78 is 19.1. The maximum atomic E-state index is 13.0. The Hall–Kier alpha value is -1.87. The fraction of sp³-hybridized carbons (Fsp3) is 0.294. The third kappa shape index (κ3) is 3.36. The van der Waals surface area contributed by atoms with Crippen molar-refractivity contribution in [3.05, 3.63) is 65.0 Å². The molecule has 0 fully saturated rings. The van der Waals surface area contributed by atoms with Gasteiger partial charge in [-0.3, -0.25) is 0 Å². The fourth-order valence-electron chi connectivity index (χ4n) is 2.13. The van der Waals surface area contributed by atoms with Crippen LogP contribution in [-0.2, 0) is 0 Å². The van der Waals surface area contributed by atoms with Gasteiger partial charge in [-0.25, -0.2) is 4.39 Å². The van der Waals surface area contributed by atoms with Crippen molar-refractivity contribution in [3.63, 3.8) is 0 Å². The first kappa shape index (κ1) is 14.5. The second kappa shape index (κ2) is 6.53. The molecule has 2 aromatic rings. The number of hydrogen-bond donors (Lipinski definition) is 1. The average Bonchev–Trinajstić information content (AvgIpc) is 2.44. The smallest absolute Gasteiger partial charge is 0.125 e. The Morgan fingerprint density at radius 1 is 1.10 bits per heavy atom. The summed E-state index contributed by atoms with van der Waals surface area (Å²) in [7, 11) is 0. The van der Waals surface area contributed by atoms with E-state index in [1.54, 1.807) is 12.1 Å². The first-order valence-electron chi connectivity index (χ1n) is 6.80. The molecule has 0 aliphatic carbocycles. The number of rotatable bonds is 5. The normalized spacial score (nSPS) is 12.2. The molecule has 0 saturated carbocycles. The lowest BCUT2D eigenvalue weighted by Crippen LogP contribution is -2.14. The van der Waals surface area contributed by atoms with Crippen molar-refractivity contribution < 1.29 is 9.13 Å². The van der Waals surface area contributed by atoms with Crippen LogP contribution >= 0.6 is 0 Å². The van der Waals surface area contributed by atoms with Gasteiger partial charge >= 0.3 is 0 Å². The van der Waals surface area contributed by atoms with Crippen molar-refractivity contribution in [1.82, 2.24) is 0 Å². The fourth-order valence-corrected chi connectivity index (χ4v) is 2.13. The van der Waals surface area contributed by atoms with E-state index in [4.69, 9.17) is 10.5 Å². The Balaban J connectivity index is 2.25. The maximum Gasteiger partial charge on any atom is 0.125 e. The van der Waals surface area contributed by atoms with E-state index in [-0.39, 0.29) is 11.9 Å². The van der Waals surface area contributed by atoms with Crippen molar-refractivity contribution in [2.75, 3.05) is 6.54 Å². The largest absolute Gasteiger partial charge is 0.485 e. The van der Waals surface area contributed by atoms with Crippen molar-refractivity contribution in [2.45, 2.75) is 26.4 Å². The Bertz CT molecular complexity index is 566. The molecule has 0 saturated heterocycles. The molecule has 20 heavy (non-hydrogen) atoms. The predicted molar refractivity (Wildman–Crippen MR) is 79.4 cm³/mol. The monoisotopic (exact) mass is 273 g/mol. The Morgan fingerprint density at radius 3 is 2.45 bits per heavy atom. The van der Waals surface area contributed by atoms with Crippen molar-refractivity contribution in [1.29, 1.82) is 0 Å². The molecule has 2 nitrogen and oxygen atoms in total. The summed E-state index contributed by atoms with van der Waals surface area (Å²) in [6.07, 6.45) is 0.542. The molecular formula is C17H20FNO. The van der Waals surface area contributed by atoms with Gasteiger partial charge in [-0.2, -0.15) is 0 Å². The standard InChI is InChI=1S/C17H20FNO/c1-12-4-3-5-16(13(12)2)20-17(10-11-19)14-6-8-15(18)9-7-14/h3-9,17H,10-11,19H2,1-2H3. The highest BCUT2D eigenvalue weighted by Crippen LogP contribution is 2.28. The second-order valence-electron chi connectivity index (χ2n) is 4.93. The first-order valence-corrected chi connectivity index (χ1v) is 6.80. The van der Waals surface area contributed by atoms with Gasteiger partial charge in [0.05, 0.1) is 0 Å². The number of ether oxygens (including phenoxy) is 1. The van der Waals surface area contributed by atoms with E-state index in [1.165, 1.54) is 17.7 Å². The van der Waals surface area contributed by atoms with Crippen LogP contribution in [0.3, 0.4) is 0 Å². The van der Waals surface area contributed by atoms with E-state index in [2.05, 4.69) is 13.0 Å². The van der Waals surface area contributed by atoms with E-state index in [0.717, 1.165) is 16.9 Å². The average molecular weight is 273 g/mol. The van der Waals surface area contributed by atoms with Crippen LogP contribution in [0.2, 0.25) is 0 Å². The van der Waals surface area contributed by atoms with Crippen LogP contribution in [0, 0.1) is 19.7 Å². The minimum atomic E-state index is -0.244. The van der Waals surface area contributed by atoms with Gasteiger partial charge in [0.2, 0.25) is 0 Å². The Morgan fingerprint density at radius 2 is 1.80 bits per heavy atom. The molecule has 0 radical (unpaired) electrons. The first-order chi connectivity index (χ1) is 9.61. The number of nitrogens with two attached hydrogens (primary N) is 1.